The third-order valence-corrected chi connectivity index (χ3v) is 5.13. The molecular formula is C15H27F2N5O3. The molecule has 0 aromatic heterocycles. The number of hydrogen-bond donors (Lipinski definition) is 5. The normalized spacial score (nSPS) is 39.0. The first-order valence-corrected chi connectivity index (χ1v) is 8.94. The molecule has 3 aliphatic rings. The summed E-state index contributed by atoms with van der Waals surface area (Å²) in [5.41, 5.74) is 6.01. The summed E-state index contributed by atoms with van der Waals surface area (Å²) < 4.78 is 35.5. The lowest BCUT2D eigenvalue weighted by Gasteiger charge is -2.34. The van der Waals surface area contributed by atoms with E-state index in [0.29, 0.717) is 13.2 Å². The Hall–Kier alpha value is -0.910. The summed E-state index contributed by atoms with van der Waals surface area (Å²) in [6.45, 7) is -0.444. The van der Waals surface area contributed by atoms with E-state index in [0.717, 1.165) is 25.7 Å². The van der Waals surface area contributed by atoms with E-state index in [1.807, 2.05) is 6.92 Å². The second-order valence-corrected chi connectivity index (χ2v) is 6.70. The molecule has 25 heavy (non-hydrogen) atoms. The fourth-order valence-corrected chi connectivity index (χ4v) is 3.87. The average Bonchev–Trinajstić information content (AvgIpc) is 3.23. The molecule has 1 aliphatic carbocycles. The minimum Gasteiger partial charge on any atom is -0.361 e. The first-order chi connectivity index (χ1) is 12.1. The van der Waals surface area contributed by atoms with Gasteiger partial charge in [-0.15, -0.1) is 0 Å². The van der Waals surface area contributed by atoms with Crippen molar-refractivity contribution in [3.05, 3.63) is 0 Å². The van der Waals surface area contributed by atoms with E-state index in [4.69, 9.17) is 9.47 Å². The van der Waals surface area contributed by atoms with Gasteiger partial charge < -0.3 is 14.8 Å². The lowest BCUT2D eigenvalue weighted by atomic mass is 9.84. The van der Waals surface area contributed by atoms with Gasteiger partial charge in [-0.1, -0.05) is 19.8 Å². The monoisotopic (exact) mass is 363 g/mol. The topological polar surface area (TPSA) is 95.7 Å². The van der Waals surface area contributed by atoms with Crippen molar-refractivity contribution in [1.29, 1.82) is 0 Å². The molecule has 0 bridgehead atoms. The highest BCUT2D eigenvalue weighted by atomic mass is 19.3. The number of carbonyl (C=O) groups is 1. The van der Waals surface area contributed by atoms with Crippen LogP contribution in [0.1, 0.15) is 39.0 Å². The molecule has 0 spiro atoms. The Labute approximate surface area is 145 Å². The number of hydrazine groups is 1. The minimum atomic E-state index is -2.77. The maximum absolute atomic E-state index is 12.6. The van der Waals surface area contributed by atoms with Gasteiger partial charge >= 0.3 is 6.61 Å². The van der Waals surface area contributed by atoms with Crippen LogP contribution in [0.2, 0.25) is 0 Å². The smallest absolute Gasteiger partial charge is 0.345 e. The van der Waals surface area contributed by atoms with Crippen molar-refractivity contribution in [2.24, 2.45) is 5.92 Å². The van der Waals surface area contributed by atoms with Crippen molar-refractivity contribution < 1.29 is 23.0 Å². The third kappa shape index (κ3) is 4.63. The molecule has 1 saturated carbocycles. The first-order valence-electron chi connectivity index (χ1n) is 8.94. The van der Waals surface area contributed by atoms with Gasteiger partial charge in [0.25, 0.3) is 0 Å². The highest BCUT2D eigenvalue weighted by Gasteiger charge is 2.39. The summed E-state index contributed by atoms with van der Waals surface area (Å²) in [6.07, 6.45) is 2.65. The van der Waals surface area contributed by atoms with E-state index < -0.39 is 25.0 Å². The van der Waals surface area contributed by atoms with Crippen molar-refractivity contribution >= 4 is 5.91 Å². The Bertz CT molecular complexity index is 459. The van der Waals surface area contributed by atoms with Crippen LogP contribution in [0.3, 0.4) is 0 Å². The van der Waals surface area contributed by atoms with E-state index in [-0.39, 0.29) is 24.1 Å². The second kappa shape index (κ2) is 8.65. The zero-order chi connectivity index (χ0) is 17.8. The van der Waals surface area contributed by atoms with Gasteiger partial charge in [-0.2, -0.15) is 8.78 Å². The standard InChI is InChI=1S/C15H27F2N5O3/c1-2-9-11(18-7-24-9)13(23)20-15-19-12(21-22-15)8-5-3-4-6-10(8)25-14(16)17/h8-12,14-15,18-19,21-22H,2-7H2,1H3,(H,20,23). The van der Waals surface area contributed by atoms with Crippen molar-refractivity contribution in [1.82, 2.24) is 26.8 Å². The highest BCUT2D eigenvalue weighted by molar-refractivity contribution is 5.82. The van der Waals surface area contributed by atoms with E-state index in [2.05, 4.69) is 26.8 Å². The van der Waals surface area contributed by atoms with E-state index in [1.165, 1.54) is 0 Å². The van der Waals surface area contributed by atoms with Gasteiger partial charge in [-0.3, -0.25) is 15.4 Å². The summed E-state index contributed by atoms with van der Waals surface area (Å²) >= 11 is 0. The Balaban J connectivity index is 1.51. The average molecular weight is 363 g/mol. The summed E-state index contributed by atoms with van der Waals surface area (Å²) in [4.78, 5) is 12.4. The molecule has 0 radical (unpaired) electrons. The lowest BCUT2D eigenvalue weighted by molar-refractivity contribution is -0.186. The number of halogens is 2. The molecule has 6 atom stereocenters. The van der Waals surface area contributed by atoms with Gasteiger partial charge in [-0.05, 0) is 19.3 Å². The SMILES string of the molecule is CCC1OCNC1C(=O)NC1NNC(C2CCCCC2OC(F)F)N1. The number of ether oxygens (including phenoxy) is 2. The molecule has 3 fully saturated rings. The van der Waals surface area contributed by atoms with Crippen LogP contribution in [0.5, 0.6) is 0 Å². The van der Waals surface area contributed by atoms with Crippen molar-refractivity contribution in [3.8, 4) is 0 Å². The van der Waals surface area contributed by atoms with Crippen LogP contribution in [0.25, 0.3) is 0 Å². The molecule has 1 amide bonds. The summed E-state index contributed by atoms with van der Waals surface area (Å²) in [6, 6.07) is -0.391. The minimum absolute atomic E-state index is 0.0894. The predicted octanol–water partition coefficient (Wildman–Crippen LogP) is -0.0678. The Morgan fingerprint density at radius 1 is 1.32 bits per heavy atom. The van der Waals surface area contributed by atoms with Crippen LogP contribution < -0.4 is 26.8 Å². The summed E-state index contributed by atoms with van der Waals surface area (Å²) in [5.74, 6) is -0.255. The number of amides is 1. The van der Waals surface area contributed by atoms with Gasteiger partial charge in [-0.25, -0.2) is 10.9 Å². The van der Waals surface area contributed by atoms with E-state index in [1.54, 1.807) is 0 Å². The Kier molecular flexibility index (Phi) is 6.53. The predicted molar refractivity (Wildman–Crippen MR) is 84.9 cm³/mol. The Morgan fingerprint density at radius 3 is 2.88 bits per heavy atom. The molecule has 2 heterocycles. The van der Waals surface area contributed by atoms with Crippen molar-refractivity contribution in [2.45, 2.75) is 76.3 Å². The molecule has 5 N–H and O–H groups in total. The van der Waals surface area contributed by atoms with Crippen LogP contribution in [0, 0.1) is 5.92 Å². The molecule has 144 valence electrons. The van der Waals surface area contributed by atoms with E-state index in [9.17, 15) is 13.6 Å². The number of carbonyl (C=O) groups excluding carboxylic acids is 1. The number of hydrogen-bond acceptors (Lipinski definition) is 7. The highest BCUT2D eigenvalue weighted by Crippen LogP contribution is 2.30. The summed E-state index contributed by atoms with van der Waals surface area (Å²) in [5, 5.41) is 9.08. The number of rotatable bonds is 6. The fraction of sp³-hybridized carbons (Fsp3) is 0.933. The Morgan fingerprint density at radius 2 is 2.12 bits per heavy atom. The number of nitrogens with one attached hydrogen (secondary N) is 5. The van der Waals surface area contributed by atoms with Gasteiger partial charge in [0.05, 0.1) is 25.1 Å². The fourth-order valence-electron chi connectivity index (χ4n) is 3.87. The molecular weight excluding hydrogens is 336 g/mol. The molecule has 6 unspecified atom stereocenters. The van der Waals surface area contributed by atoms with Crippen LogP contribution in [0.15, 0.2) is 0 Å². The summed E-state index contributed by atoms with van der Waals surface area (Å²) in [7, 11) is 0. The maximum Gasteiger partial charge on any atom is 0.345 e. The molecule has 10 heteroatoms. The van der Waals surface area contributed by atoms with Gasteiger partial charge in [0, 0.05) is 5.92 Å². The van der Waals surface area contributed by atoms with Gasteiger partial charge in [0.1, 0.15) is 12.3 Å². The van der Waals surface area contributed by atoms with Crippen LogP contribution in [-0.2, 0) is 14.3 Å². The largest absolute Gasteiger partial charge is 0.361 e. The maximum atomic E-state index is 12.6. The molecule has 0 aromatic carbocycles. The van der Waals surface area contributed by atoms with Crippen LogP contribution >= 0.6 is 0 Å². The molecule has 3 rings (SSSR count). The van der Waals surface area contributed by atoms with Gasteiger partial charge in [0.15, 0.2) is 0 Å². The second-order valence-electron chi connectivity index (χ2n) is 6.70. The molecule has 0 aromatic rings. The van der Waals surface area contributed by atoms with Gasteiger partial charge in [0.2, 0.25) is 5.91 Å². The third-order valence-electron chi connectivity index (χ3n) is 5.13. The van der Waals surface area contributed by atoms with Crippen molar-refractivity contribution in [2.75, 3.05) is 6.73 Å². The van der Waals surface area contributed by atoms with Crippen LogP contribution in [-0.4, -0.2) is 50.0 Å². The molecule has 2 aliphatic heterocycles. The zero-order valence-corrected chi connectivity index (χ0v) is 14.3. The molecule has 8 nitrogen and oxygen atoms in total. The van der Waals surface area contributed by atoms with Crippen LogP contribution in [0.4, 0.5) is 8.78 Å². The zero-order valence-electron chi connectivity index (χ0n) is 14.3. The lowest BCUT2D eigenvalue weighted by Crippen LogP contribution is -2.56. The quantitative estimate of drug-likeness (QED) is 0.451. The van der Waals surface area contributed by atoms with E-state index >= 15 is 0 Å². The first kappa shape index (κ1) is 18.9. The van der Waals surface area contributed by atoms with Crippen molar-refractivity contribution in [3.63, 3.8) is 0 Å². The molecule has 2 saturated heterocycles. The number of alkyl halides is 2.